The number of piperidine rings is 1. The van der Waals surface area contributed by atoms with E-state index < -0.39 is 0 Å². The Morgan fingerprint density at radius 1 is 1.39 bits per heavy atom. The molecule has 0 bridgehead atoms. The predicted molar refractivity (Wildman–Crippen MR) is 68.1 cm³/mol. The largest absolute Gasteiger partial charge is 0.382 e. The smallest absolute Gasteiger partial charge is 0.219 e. The van der Waals surface area contributed by atoms with Gasteiger partial charge in [0.15, 0.2) is 0 Å². The number of carbonyl (C=O) groups is 1. The summed E-state index contributed by atoms with van der Waals surface area (Å²) < 4.78 is 13.7. The van der Waals surface area contributed by atoms with Crippen LogP contribution in [0.4, 0.5) is 10.1 Å². The van der Waals surface area contributed by atoms with Gasteiger partial charge in [-0.1, -0.05) is 12.1 Å². The van der Waals surface area contributed by atoms with Crippen molar-refractivity contribution >= 4 is 11.6 Å². The number of nitrogens with zero attached hydrogens (tertiary/aromatic N) is 1. The van der Waals surface area contributed by atoms with Gasteiger partial charge in [0.2, 0.25) is 5.91 Å². The highest BCUT2D eigenvalue weighted by Crippen LogP contribution is 2.44. The van der Waals surface area contributed by atoms with Crippen LogP contribution in [0.3, 0.4) is 0 Å². The van der Waals surface area contributed by atoms with E-state index in [-0.39, 0.29) is 17.1 Å². The van der Waals surface area contributed by atoms with Gasteiger partial charge in [0.05, 0.1) is 5.69 Å². The lowest BCUT2D eigenvalue weighted by Gasteiger charge is -2.39. The molecule has 4 heteroatoms. The lowest BCUT2D eigenvalue weighted by molar-refractivity contribution is -0.130. The van der Waals surface area contributed by atoms with Gasteiger partial charge < -0.3 is 10.2 Å². The van der Waals surface area contributed by atoms with E-state index in [1.54, 1.807) is 13.0 Å². The molecule has 0 aromatic heterocycles. The summed E-state index contributed by atoms with van der Waals surface area (Å²) in [4.78, 5) is 13.2. The number of para-hydroxylation sites is 1. The molecule has 1 aromatic carbocycles. The molecule has 1 aromatic rings. The van der Waals surface area contributed by atoms with E-state index in [1.165, 1.54) is 6.07 Å². The zero-order chi connectivity index (χ0) is 12.8. The molecule has 1 saturated heterocycles. The molecule has 96 valence electrons. The second-order valence-electron chi connectivity index (χ2n) is 5.30. The van der Waals surface area contributed by atoms with E-state index in [0.29, 0.717) is 5.69 Å². The highest BCUT2D eigenvalue weighted by atomic mass is 19.1. The van der Waals surface area contributed by atoms with Crippen molar-refractivity contribution in [1.82, 2.24) is 4.90 Å². The third kappa shape index (κ3) is 1.59. The normalized spacial score (nSPS) is 20.7. The van der Waals surface area contributed by atoms with E-state index in [0.717, 1.165) is 38.0 Å². The number of nitrogens with one attached hydrogen (secondary N) is 1. The van der Waals surface area contributed by atoms with Crippen LogP contribution in [0.1, 0.15) is 25.3 Å². The van der Waals surface area contributed by atoms with Crippen molar-refractivity contribution in [1.29, 1.82) is 0 Å². The third-order valence-corrected chi connectivity index (χ3v) is 4.35. The number of fused-ring (bicyclic) bond motifs is 2. The Hall–Kier alpha value is -1.58. The molecule has 0 unspecified atom stereocenters. The van der Waals surface area contributed by atoms with E-state index in [4.69, 9.17) is 0 Å². The van der Waals surface area contributed by atoms with E-state index in [9.17, 15) is 9.18 Å². The summed E-state index contributed by atoms with van der Waals surface area (Å²) in [6, 6.07) is 5.29. The van der Waals surface area contributed by atoms with Crippen molar-refractivity contribution in [2.75, 3.05) is 25.0 Å². The average molecular weight is 248 g/mol. The first-order valence-electron chi connectivity index (χ1n) is 6.41. The molecular formula is C14H17FN2O. The number of likely N-dealkylation sites (tertiary alicyclic amines) is 1. The molecule has 2 heterocycles. The maximum Gasteiger partial charge on any atom is 0.219 e. The summed E-state index contributed by atoms with van der Waals surface area (Å²) in [7, 11) is 0. The van der Waals surface area contributed by atoms with E-state index in [1.807, 2.05) is 11.0 Å². The van der Waals surface area contributed by atoms with E-state index >= 15 is 0 Å². The van der Waals surface area contributed by atoms with Gasteiger partial charge in [-0.05, 0) is 24.5 Å². The lowest BCUT2D eigenvalue weighted by Crippen LogP contribution is -2.45. The summed E-state index contributed by atoms with van der Waals surface area (Å²) in [6.45, 7) is 3.94. The van der Waals surface area contributed by atoms with Crippen LogP contribution in [0.2, 0.25) is 0 Å². The first kappa shape index (κ1) is 11.5. The molecule has 2 aliphatic heterocycles. The first-order chi connectivity index (χ1) is 8.62. The molecule has 3 rings (SSSR count). The second-order valence-corrected chi connectivity index (χ2v) is 5.30. The van der Waals surface area contributed by atoms with Gasteiger partial charge in [0, 0.05) is 32.0 Å². The molecule has 1 fully saturated rings. The number of hydrogen-bond donors (Lipinski definition) is 1. The Bertz CT molecular complexity index is 493. The molecule has 1 spiro atoms. The SMILES string of the molecule is CC(=O)N1CCC2(CC1)CNc1c(F)cccc12. The highest BCUT2D eigenvalue weighted by molar-refractivity contribution is 5.73. The molecule has 0 atom stereocenters. The van der Waals surface area contributed by atoms with Crippen LogP contribution in [0.15, 0.2) is 18.2 Å². The summed E-state index contributed by atoms with van der Waals surface area (Å²) in [5.41, 5.74) is 1.77. The van der Waals surface area contributed by atoms with Crippen LogP contribution in [0, 0.1) is 5.82 Å². The van der Waals surface area contributed by atoms with Gasteiger partial charge in [-0.25, -0.2) is 4.39 Å². The Labute approximate surface area is 106 Å². The topological polar surface area (TPSA) is 32.3 Å². The van der Waals surface area contributed by atoms with Crippen molar-refractivity contribution in [3.05, 3.63) is 29.6 Å². The summed E-state index contributed by atoms with van der Waals surface area (Å²) >= 11 is 0. The lowest BCUT2D eigenvalue weighted by atomic mass is 9.74. The fraction of sp³-hybridized carbons (Fsp3) is 0.500. The molecule has 18 heavy (non-hydrogen) atoms. The quantitative estimate of drug-likeness (QED) is 0.763. The van der Waals surface area contributed by atoms with E-state index in [2.05, 4.69) is 5.32 Å². The van der Waals surface area contributed by atoms with Gasteiger partial charge in [-0.3, -0.25) is 4.79 Å². The zero-order valence-corrected chi connectivity index (χ0v) is 10.5. The average Bonchev–Trinajstić information content (AvgIpc) is 2.71. The molecule has 3 nitrogen and oxygen atoms in total. The van der Waals surface area contributed by atoms with Crippen LogP contribution >= 0.6 is 0 Å². The van der Waals surface area contributed by atoms with Gasteiger partial charge in [0.25, 0.3) is 0 Å². The zero-order valence-electron chi connectivity index (χ0n) is 10.5. The van der Waals surface area contributed by atoms with Crippen LogP contribution in [0.5, 0.6) is 0 Å². The number of rotatable bonds is 0. The molecule has 0 saturated carbocycles. The standard InChI is InChI=1S/C14H17FN2O/c1-10(18)17-7-5-14(6-8-17)9-16-13-11(14)3-2-4-12(13)15/h2-4,16H,5-9H2,1H3. The van der Waals surface area contributed by atoms with Crippen molar-refractivity contribution in [2.24, 2.45) is 0 Å². The summed E-state index contributed by atoms with van der Waals surface area (Å²) in [6.07, 6.45) is 1.83. The predicted octanol–water partition coefficient (Wildman–Crippen LogP) is 2.13. The van der Waals surface area contributed by atoms with Gasteiger partial charge in [-0.15, -0.1) is 0 Å². The van der Waals surface area contributed by atoms with Crippen LogP contribution < -0.4 is 5.32 Å². The third-order valence-electron chi connectivity index (χ3n) is 4.35. The molecule has 0 aliphatic carbocycles. The molecule has 0 radical (unpaired) electrons. The van der Waals surface area contributed by atoms with Crippen LogP contribution in [0.25, 0.3) is 0 Å². The Morgan fingerprint density at radius 2 is 2.11 bits per heavy atom. The van der Waals surface area contributed by atoms with Crippen LogP contribution in [-0.4, -0.2) is 30.4 Å². The van der Waals surface area contributed by atoms with Crippen molar-refractivity contribution < 1.29 is 9.18 Å². The van der Waals surface area contributed by atoms with Crippen molar-refractivity contribution in [2.45, 2.75) is 25.2 Å². The number of amides is 1. The van der Waals surface area contributed by atoms with Gasteiger partial charge >= 0.3 is 0 Å². The highest BCUT2D eigenvalue weighted by Gasteiger charge is 2.42. The second kappa shape index (κ2) is 3.97. The number of halogens is 1. The number of benzene rings is 1. The monoisotopic (exact) mass is 248 g/mol. The fourth-order valence-corrected chi connectivity index (χ4v) is 3.19. The number of hydrogen-bond acceptors (Lipinski definition) is 2. The number of anilines is 1. The molecule has 1 amide bonds. The number of carbonyl (C=O) groups excluding carboxylic acids is 1. The maximum atomic E-state index is 13.7. The Morgan fingerprint density at radius 3 is 2.78 bits per heavy atom. The Kier molecular flexibility index (Phi) is 2.54. The minimum atomic E-state index is -0.168. The van der Waals surface area contributed by atoms with Crippen molar-refractivity contribution in [3.63, 3.8) is 0 Å². The molecule has 2 aliphatic rings. The summed E-state index contributed by atoms with van der Waals surface area (Å²) in [5.74, 6) is -0.0337. The minimum Gasteiger partial charge on any atom is -0.382 e. The van der Waals surface area contributed by atoms with Gasteiger partial charge in [-0.2, -0.15) is 0 Å². The molecule has 1 N–H and O–H groups in total. The first-order valence-corrected chi connectivity index (χ1v) is 6.41. The van der Waals surface area contributed by atoms with Gasteiger partial charge in [0.1, 0.15) is 5.82 Å². The van der Waals surface area contributed by atoms with Crippen LogP contribution in [-0.2, 0) is 10.2 Å². The summed E-state index contributed by atoms with van der Waals surface area (Å²) in [5, 5.41) is 3.19. The van der Waals surface area contributed by atoms with Crippen molar-refractivity contribution in [3.8, 4) is 0 Å². The fourth-order valence-electron chi connectivity index (χ4n) is 3.19. The Balaban J connectivity index is 1.88. The minimum absolute atomic E-state index is 0.0172. The molecular weight excluding hydrogens is 231 g/mol. The maximum absolute atomic E-state index is 13.7.